The Kier molecular flexibility index (Phi) is 5.46. The quantitative estimate of drug-likeness (QED) is 0.887. The zero-order chi connectivity index (χ0) is 18.6. The number of aromatic nitrogens is 2. The van der Waals surface area contributed by atoms with Gasteiger partial charge in [0, 0.05) is 43.5 Å². The predicted octanol–water partition coefficient (Wildman–Crippen LogP) is 4.07. The molecule has 1 aromatic carbocycles. The average molecular weight is 367 g/mol. The van der Waals surface area contributed by atoms with Gasteiger partial charge in [-0.2, -0.15) is 0 Å². The van der Waals surface area contributed by atoms with Crippen LogP contribution in [0.2, 0.25) is 0 Å². The molecule has 1 unspecified atom stereocenters. The molecule has 2 heterocycles. The van der Waals surface area contributed by atoms with E-state index in [4.69, 9.17) is 4.98 Å². The lowest BCUT2D eigenvalue weighted by Gasteiger charge is -2.26. The highest BCUT2D eigenvalue weighted by Crippen LogP contribution is 2.28. The van der Waals surface area contributed by atoms with Gasteiger partial charge in [-0.05, 0) is 31.7 Å². The monoisotopic (exact) mass is 366 g/mol. The largest absolute Gasteiger partial charge is 0.335 e. The second kappa shape index (κ2) is 8.15. The number of aryl methyl sites for hydroxylation is 1. The van der Waals surface area contributed by atoms with Gasteiger partial charge in [-0.15, -0.1) is 0 Å². The molecule has 2 aliphatic rings. The van der Waals surface area contributed by atoms with Crippen LogP contribution in [0.3, 0.4) is 0 Å². The van der Waals surface area contributed by atoms with Gasteiger partial charge in [0.05, 0.1) is 0 Å². The van der Waals surface area contributed by atoms with Crippen molar-refractivity contribution in [1.82, 2.24) is 19.8 Å². The lowest BCUT2D eigenvalue weighted by molar-refractivity contribution is 0.200. The van der Waals surface area contributed by atoms with Gasteiger partial charge >= 0.3 is 6.03 Å². The molecule has 2 aromatic rings. The maximum Gasteiger partial charge on any atom is 0.317 e. The number of urea groups is 1. The Morgan fingerprint density at radius 3 is 2.70 bits per heavy atom. The third kappa shape index (κ3) is 4.18. The summed E-state index contributed by atoms with van der Waals surface area (Å²) in [6, 6.07) is 11.0. The van der Waals surface area contributed by atoms with E-state index < -0.39 is 0 Å². The summed E-state index contributed by atoms with van der Waals surface area (Å²) < 4.78 is 2.31. The number of benzene rings is 1. The van der Waals surface area contributed by atoms with Gasteiger partial charge in [0.1, 0.15) is 5.82 Å². The molecule has 1 saturated heterocycles. The van der Waals surface area contributed by atoms with Crippen LogP contribution < -0.4 is 5.32 Å². The Hall–Kier alpha value is -2.30. The Morgan fingerprint density at radius 1 is 1.15 bits per heavy atom. The molecule has 1 atom stereocenters. The number of carbonyl (C=O) groups is 1. The number of carbonyl (C=O) groups excluding carboxylic acids is 1. The van der Waals surface area contributed by atoms with E-state index in [2.05, 4.69) is 41.1 Å². The summed E-state index contributed by atoms with van der Waals surface area (Å²) in [5.41, 5.74) is 2.46. The number of rotatable bonds is 4. The summed E-state index contributed by atoms with van der Waals surface area (Å²) in [5.74, 6) is 1.43. The third-order valence-corrected chi connectivity index (χ3v) is 6.04. The van der Waals surface area contributed by atoms with Gasteiger partial charge in [0.2, 0.25) is 0 Å². The lowest BCUT2D eigenvalue weighted by atomic mass is 9.96. The molecule has 4 rings (SSSR count). The van der Waals surface area contributed by atoms with Crippen LogP contribution in [0.1, 0.15) is 61.5 Å². The average Bonchev–Trinajstić information content (AvgIpc) is 3.31. The third-order valence-electron chi connectivity index (χ3n) is 6.04. The fraction of sp³-hybridized carbons (Fsp3) is 0.545. The molecule has 144 valence electrons. The molecule has 1 aliphatic carbocycles. The van der Waals surface area contributed by atoms with Crippen LogP contribution >= 0.6 is 0 Å². The number of hydrogen-bond acceptors (Lipinski definition) is 2. The van der Waals surface area contributed by atoms with Crippen molar-refractivity contribution in [3.05, 3.63) is 53.6 Å². The first kappa shape index (κ1) is 18.1. The summed E-state index contributed by atoms with van der Waals surface area (Å²) in [7, 11) is 0. The molecule has 0 radical (unpaired) electrons. The second-order valence-corrected chi connectivity index (χ2v) is 8.05. The van der Waals surface area contributed by atoms with Crippen LogP contribution in [-0.4, -0.2) is 39.6 Å². The van der Waals surface area contributed by atoms with Gasteiger partial charge in [-0.3, -0.25) is 0 Å². The fourth-order valence-electron chi connectivity index (χ4n) is 4.45. The first-order chi connectivity index (χ1) is 13.2. The molecule has 5 nitrogen and oxygen atoms in total. The van der Waals surface area contributed by atoms with Crippen molar-refractivity contribution in [2.75, 3.05) is 13.1 Å². The minimum atomic E-state index is 0.113. The van der Waals surface area contributed by atoms with Crippen LogP contribution in [0.5, 0.6) is 0 Å². The SMILES string of the molecule is Cc1cnc(C2CCN(C(=O)NC3CCCCC3)C2)n1Cc1ccccc1. The fourth-order valence-corrected chi connectivity index (χ4v) is 4.45. The Labute approximate surface area is 161 Å². The summed E-state index contributed by atoms with van der Waals surface area (Å²) in [4.78, 5) is 19.3. The highest BCUT2D eigenvalue weighted by molar-refractivity contribution is 5.75. The Balaban J connectivity index is 1.41. The first-order valence-electron chi connectivity index (χ1n) is 10.3. The van der Waals surface area contributed by atoms with Crippen LogP contribution in [-0.2, 0) is 6.54 Å². The van der Waals surface area contributed by atoms with E-state index in [0.717, 1.165) is 44.7 Å². The summed E-state index contributed by atoms with van der Waals surface area (Å²) in [5, 5.41) is 3.25. The zero-order valence-electron chi connectivity index (χ0n) is 16.2. The Morgan fingerprint density at radius 2 is 1.93 bits per heavy atom. The van der Waals surface area contributed by atoms with E-state index >= 15 is 0 Å². The molecule has 5 heteroatoms. The van der Waals surface area contributed by atoms with Gasteiger partial charge in [0.25, 0.3) is 0 Å². The minimum absolute atomic E-state index is 0.113. The summed E-state index contributed by atoms with van der Waals surface area (Å²) >= 11 is 0. The second-order valence-electron chi connectivity index (χ2n) is 8.05. The zero-order valence-corrected chi connectivity index (χ0v) is 16.2. The van der Waals surface area contributed by atoms with E-state index in [9.17, 15) is 4.79 Å². The number of nitrogens with zero attached hydrogens (tertiary/aromatic N) is 3. The number of nitrogens with one attached hydrogen (secondary N) is 1. The number of imidazole rings is 1. The molecule has 2 fully saturated rings. The van der Waals surface area contributed by atoms with Gasteiger partial charge in [-0.1, -0.05) is 49.6 Å². The first-order valence-corrected chi connectivity index (χ1v) is 10.3. The van der Waals surface area contributed by atoms with Crippen LogP contribution in [0.4, 0.5) is 4.79 Å². The van der Waals surface area contributed by atoms with E-state index in [1.54, 1.807) is 0 Å². The molecule has 1 N–H and O–H groups in total. The normalized spacial score (nSPS) is 20.8. The van der Waals surface area contributed by atoms with Gasteiger partial charge < -0.3 is 14.8 Å². The van der Waals surface area contributed by atoms with Crippen LogP contribution in [0.15, 0.2) is 36.5 Å². The highest BCUT2D eigenvalue weighted by atomic mass is 16.2. The van der Waals surface area contributed by atoms with Gasteiger partial charge in [-0.25, -0.2) is 9.78 Å². The standard InChI is InChI=1S/C22H30N4O/c1-17-14-23-21(26(17)15-18-8-4-2-5-9-18)19-12-13-25(16-19)22(27)24-20-10-6-3-7-11-20/h2,4-5,8-9,14,19-20H,3,6-7,10-13,15-16H2,1H3,(H,24,27). The summed E-state index contributed by atoms with van der Waals surface area (Å²) in [6.07, 6.45) is 8.99. The molecule has 1 saturated carbocycles. The maximum atomic E-state index is 12.7. The smallest absolute Gasteiger partial charge is 0.317 e. The van der Waals surface area contributed by atoms with E-state index in [1.807, 2.05) is 17.2 Å². The van der Waals surface area contributed by atoms with E-state index in [-0.39, 0.29) is 6.03 Å². The molecule has 0 bridgehead atoms. The van der Waals surface area contributed by atoms with Crippen molar-refractivity contribution < 1.29 is 4.79 Å². The lowest BCUT2D eigenvalue weighted by Crippen LogP contribution is -2.44. The summed E-state index contributed by atoms with van der Waals surface area (Å²) in [6.45, 7) is 4.54. The molecule has 27 heavy (non-hydrogen) atoms. The highest BCUT2D eigenvalue weighted by Gasteiger charge is 2.31. The minimum Gasteiger partial charge on any atom is -0.335 e. The number of likely N-dealkylation sites (tertiary alicyclic amines) is 1. The molecule has 0 spiro atoms. The maximum absolute atomic E-state index is 12.7. The van der Waals surface area contributed by atoms with Crippen LogP contribution in [0.25, 0.3) is 0 Å². The van der Waals surface area contributed by atoms with Crippen LogP contribution in [0, 0.1) is 6.92 Å². The van der Waals surface area contributed by atoms with E-state index in [0.29, 0.717) is 12.0 Å². The predicted molar refractivity (Wildman–Crippen MR) is 107 cm³/mol. The van der Waals surface area contributed by atoms with Crippen molar-refractivity contribution in [2.24, 2.45) is 0 Å². The topological polar surface area (TPSA) is 50.2 Å². The molecular formula is C22H30N4O. The van der Waals surface area contributed by atoms with Crippen molar-refractivity contribution >= 4 is 6.03 Å². The van der Waals surface area contributed by atoms with Crippen molar-refractivity contribution in [3.63, 3.8) is 0 Å². The number of amides is 2. The Bertz CT molecular complexity index is 764. The van der Waals surface area contributed by atoms with Crippen molar-refractivity contribution in [3.8, 4) is 0 Å². The van der Waals surface area contributed by atoms with Crippen molar-refractivity contribution in [2.45, 2.75) is 64.0 Å². The number of hydrogen-bond donors (Lipinski definition) is 1. The van der Waals surface area contributed by atoms with Gasteiger partial charge in [0.15, 0.2) is 0 Å². The van der Waals surface area contributed by atoms with E-state index in [1.165, 1.54) is 30.5 Å². The van der Waals surface area contributed by atoms with Crippen molar-refractivity contribution in [1.29, 1.82) is 0 Å². The molecule has 2 amide bonds. The molecular weight excluding hydrogens is 336 g/mol. The molecule has 1 aliphatic heterocycles. The molecule has 1 aromatic heterocycles.